The number of amides is 1. The van der Waals surface area contributed by atoms with Gasteiger partial charge in [-0.15, -0.1) is 0 Å². The Morgan fingerprint density at radius 2 is 1.87 bits per heavy atom. The first-order chi connectivity index (χ1) is 14.9. The molecule has 158 valence electrons. The Morgan fingerprint density at radius 3 is 2.65 bits per heavy atom. The number of fused-ring (bicyclic) bond motifs is 1. The lowest BCUT2D eigenvalue weighted by atomic mass is 10.0. The first-order valence-corrected chi connectivity index (χ1v) is 10.1. The maximum atomic E-state index is 13.7. The molecule has 0 fully saturated rings. The van der Waals surface area contributed by atoms with Gasteiger partial charge in [0.2, 0.25) is 5.91 Å². The summed E-state index contributed by atoms with van der Waals surface area (Å²) in [6.45, 7) is 4.43. The van der Waals surface area contributed by atoms with Crippen LogP contribution in [0.5, 0.6) is 0 Å². The van der Waals surface area contributed by atoms with Gasteiger partial charge in [0.1, 0.15) is 11.3 Å². The third-order valence-electron chi connectivity index (χ3n) is 5.42. The van der Waals surface area contributed by atoms with Crippen LogP contribution < -0.4 is 10.9 Å². The van der Waals surface area contributed by atoms with Crippen molar-refractivity contribution in [1.29, 1.82) is 0 Å². The largest absolute Gasteiger partial charge is 0.352 e. The maximum Gasteiger partial charge on any atom is 0.276 e. The highest BCUT2D eigenvalue weighted by molar-refractivity contribution is 5.75. The molecule has 0 radical (unpaired) electrons. The van der Waals surface area contributed by atoms with Crippen molar-refractivity contribution in [2.45, 2.75) is 33.4 Å². The van der Waals surface area contributed by atoms with Gasteiger partial charge in [-0.25, -0.2) is 8.91 Å². The van der Waals surface area contributed by atoms with Crippen LogP contribution in [0.25, 0.3) is 16.8 Å². The van der Waals surface area contributed by atoms with Crippen LogP contribution in [0.4, 0.5) is 4.39 Å². The molecule has 0 aliphatic rings. The van der Waals surface area contributed by atoms with E-state index in [9.17, 15) is 14.0 Å². The van der Waals surface area contributed by atoms with E-state index < -0.39 is 0 Å². The minimum atomic E-state index is -0.357. The Morgan fingerprint density at radius 1 is 1.06 bits per heavy atom. The van der Waals surface area contributed by atoms with Crippen LogP contribution in [0, 0.1) is 19.7 Å². The molecule has 4 aromatic rings. The Kier molecular flexibility index (Phi) is 5.66. The molecule has 1 amide bonds. The van der Waals surface area contributed by atoms with E-state index in [1.807, 2.05) is 26.0 Å². The Hall–Kier alpha value is -3.74. The second kappa shape index (κ2) is 8.55. The molecule has 6 nitrogen and oxygen atoms in total. The Bertz CT molecular complexity index is 1320. The molecule has 0 saturated heterocycles. The van der Waals surface area contributed by atoms with Crippen molar-refractivity contribution >= 4 is 11.4 Å². The van der Waals surface area contributed by atoms with E-state index in [0.29, 0.717) is 11.1 Å². The van der Waals surface area contributed by atoms with Gasteiger partial charge >= 0.3 is 0 Å². The first kappa shape index (κ1) is 20.5. The van der Waals surface area contributed by atoms with E-state index in [4.69, 9.17) is 0 Å². The number of carbonyl (C=O) groups excluding carboxylic acids is 1. The summed E-state index contributed by atoms with van der Waals surface area (Å²) >= 11 is 0. The molecule has 2 aromatic heterocycles. The van der Waals surface area contributed by atoms with Crippen molar-refractivity contribution in [2.75, 3.05) is 0 Å². The summed E-state index contributed by atoms with van der Waals surface area (Å²) in [7, 11) is 0. The molecule has 0 unspecified atom stereocenters. The van der Waals surface area contributed by atoms with Crippen molar-refractivity contribution in [1.82, 2.24) is 19.5 Å². The van der Waals surface area contributed by atoms with Gasteiger partial charge in [-0.1, -0.05) is 30.3 Å². The fourth-order valence-electron chi connectivity index (χ4n) is 3.39. The van der Waals surface area contributed by atoms with E-state index in [1.54, 1.807) is 41.2 Å². The molecule has 0 spiro atoms. The minimum absolute atomic E-state index is 0.112. The van der Waals surface area contributed by atoms with Gasteiger partial charge in [0, 0.05) is 43.0 Å². The number of halogens is 1. The average Bonchev–Trinajstić information content (AvgIpc) is 3.20. The molecule has 4 rings (SSSR count). The number of aryl methyl sites for hydroxylation is 3. The molecule has 0 aliphatic carbocycles. The molecule has 1 N–H and O–H groups in total. The van der Waals surface area contributed by atoms with E-state index >= 15 is 0 Å². The fourth-order valence-corrected chi connectivity index (χ4v) is 3.39. The van der Waals surface area contributed by atoms with Crippen LogP contribution in [0.2, 0.25) is 0 Å². The highest BCUT2D eigenvalue weighted by Gasteiger charge is 2.11. The van der Waals surface area contributed by atoms with E-state index in [-0.39, 0.29) is 36.8 Å². The van der Waals surface area contributed by atoms with Gasteiger partial charge < -0.3 is 9.88 Å². The summed E-state index contributed by atoms with van der Waals surface area (Å²) in [5.74, 6) is -0.607. The van der Waals surface area contributed by atoms with Gasteiger partial charge in [-0.05, 0) is 43.2 Å². The third kappa shape index (κ3) is 4.40. The zero-order chi connectivity index (χ0) is 22.0. The number of rotatable bonds is 6. The molecule has 0 saturated carbocycles. The number of nitrogens with one attached hydrogen (secondary N) is 1. The second-order valence-electron chi connectivity index (χ2n) is 7.57. The molecule has 2 aromatic carbocycles. The summed E-state index contributed by atoms with van der Waals surface area (Å²) in [5, 5.41) is 7.20. The summed E-state index contributed by atoms with van der Waals surface area (Å²) < 4.78 is 16.7. The zero-order valence-electron chi connectivity index (χ0n) is 17.4. The highest BCUT2D eigenvalue weighted by atomic mass is 19.1. The summed E-state index contributed by atoms with van der Waals surface area (Å²) in [6.07, 6.45) is 3.44. The van der Waals surface area contributed by atoms with Crippen molar-refractivity contribution in [3.8, 4) is 11.3 Å². The lowest BCUT2D eigenvalue weighted by Gasteiger charge is -2.08. The quantitative estimate of drug-likeness (QED) is 0.520. The number of carbonyl (C=O) groups is 1. The van der Waals surface area contributed by atoms with E-state index in [0.717, 1.165) is 16.8 Å². The van der Waals surface area contributed by atoms with Crippen molar-refractivity contribution in [3.05, 3.63) is 93.8 Å². The van der Waals surface area contributed by atoms with Crippen LogP contribution in [0.15, 0.2) is 65.7 Å². The smallest absolute Gasteiger partial charge is 0.276 e. The molecular weight excluding hydrogens is 395 g/mol. The molecule has 7 heteroatoms. The fraction of sp³-hybridized carbons (Fsp3) is 0.208. The van der Waals surface area contributed by atoms with Gasteiger partial charge in [-0.2, -0.15) is 5.10 Å². The predicted molar refractivity (Wildman–Crippen MR) is 117 cm³/mol. The van der Waals surface area contributed by atoms with Gasteiger partial charge in [0.15, 0.2) is 0 Å². The number of benzene rings is 2. The zero-order valence-corrected chi connectivity index (χ0v) is 17.4. The Labute approximate surface area is 179 Å². The normalized spacial score (nSPS) is 11.1. The maximum absolute atomic E-state index is 13.7. The van der Waals surface area contributed by atoms with Gasteiger partial charge in [-0.3, -0.25) is 9.59 Å². The number of nitrogens with zero attached hydrogens (tertiary/aromatic N) is 3. The minimum Gasteiger partial charge on any atom is -0.352 e. The van der Waals surface area contributed by atoms with Crippen LogP contribution in [-0.4, -0.2) is 20.1 Å². The van der Waals surface area contributed by atoms with Crippen LogP contribution in [-0.2, 0) is 17.9 Å². The van der Waals surface area contributed by atoms with Crippen molar-refractivity contribution < 1.29 is 9.18 Å². The second-order valence-corrected chi connectivity index (χ2v) is 7.57. The Balaban J connectivity index is 1.46. The van der Waals surface area contributed by atoms with Crippen LogP contribution in [0.3, 0.4) is 0 Å². The van der Waals surface area contributed by atoms with Gasteiger partial charge in [0.05, 0.1) is 5.69 Å². The van der Waals surface area contributed by atoms with Gasteiger partial charge in [0.25, 0.3) is 5.56 Å². The van der Waals surface area contributed by atoms with E-state index in [1.165, 1.54) is 16.2 Å². The molecular formula is C24H23FN4O2. The molecule has 2 heterocycles. The standard InChI is InChI=1S/C24H23FN4O2/c1-16-7-8-18(13-17(16)2)21-14-22-24(31)28(11-12-29(22)27-21)10-9-23(30)26-15-19-5-3-4-6-20(19)25/h3-8,11-14H,9-10,15H2,1-2H3,(H,26,30). The van der Waals surface area contributed by atoms with Crippen molar-refractivity contribution in [3.63, 3.8) is 0 Å². The third-order valence-corrected chi connectivity index (χ3v) is 5.42. The predicted octanol–water partition coefficient (Wildman–Crippen LogP) is 3.63. The molecule has 0 aliphatic heterocycles. The van der Waals surface area contributed by atoms with Crippen LogP contribution in [0.1, 0.15) is 23.1 Å². The molecule has 0 bridgehead atoms. The lowest BCUT2D eigenvalue weighted by molar-refractivity contribution is -0.121. The topological polar surface area (TPSA) is 68.4 Å². The molecule has 0 atom stereocenters. The first-order valence-electron chi connectivity index (χ1n) is 10.1. The van der Waals surface area contributed by atoms with E-state index in [2.05, 4.69) is 16.5 Å². The number of hydrogen-bond acceptors (Lipinski definition) is 3. The monoisotopic (exact) mass is 418 g/mol. The van der Waals surface area contributed by atoms with Crippen molar-refractivity contribution in [2.24, 2.45) is 0 Å². The highest BCUT2D eigenvalue weighted by Crippen LogP contribution is 2.21. The lowest BCUT2D eigenvalue weighted by Crippen LogP contribution is -2.27. The summed E-state index contributed by atoms with van der Waals surface area (Å²) in [5.41, 5.74) is 4.68. The summed E-state index contributed by atoms with van der Waals surface area (Å²) in [6, 6.07) is 14.1. The van der Waals surface area contributed by atoms with Crippen LogP contribution >= 0.6 is 0 Å². The summed E-state index contributed by atoms with van der Waals surface area (Å²) in [4.78, 5) is 25.0. The SMILES string of the molecule is Cc1ccc(-c2cc3c(=O)n(CCC(=O)NCc4ccccc4F)ccn3n2)cc1C. The number of hydrogen-bond donors (Lipinski definition) is 1. The average molecular weight is 418 g/mol. The number of aromatic nitrogens is 3. The molecule has 31 heavy (non-hydrogen) atoms.